The first-order valence-electron chi connectivity index (χ1n) is 5.73. The third-order valence-electron chi connectivity index (χ3n) is 2.84. The number of nitro groups is 1. The average molecular weight is 263 g/mol. The Kier molecular flexibility index (Phi) is 4.05. The van der Waals surface area contributed by atoms with E-state index in [0.717, 1.165) is 17.9 Å². The minimum Gasteiger partial charge on any atom is -0.381 e. The number of nitriles is 1. The first kappa shape index (κ1) is 12.7. The number of hydrogen-bond acceptors (Lipinski definition) is 5. The maximum absolute atomic E-state index is 10.7. The van der Waals surface area contributed by atoms with Crippen molar-refractivity contribution in [1.29, 1.82) is 5.26 Å². The molecule has 0 aliphatic carbocycles. The van der Waals surface area contributed by atoms with Crippen LogP contribution in [-0.4, -0.2) is 22.5 Å². The van der Waals surface area contributed by atoms with Gasteiger partial charge in [-0.25, -0.2) is 0 Å². The molecule has 1 aromatic carbocycles. The van der Waals surface area contributed by atoms with E-state index >= 15 is 0 Å². The van der Waals surface area contributed by atoms with Crippen LogP contribution < -0.4 is 5.32 Å². The minimum atomic E-state index is -0.529. The Morgan fingerprint density at radius 1 is 1.56 bits per heavy atom. The van der Waals surface area contributed by atoms with Crippen LogP contribution in [0.25, 0.3) is 0 Å². The lowest BCUT2D eigenvalue weighted by atomic mass is 10.1. The summed E-state index contributed by atoms with van der Waals surface area (Å²) >= 11 is 1.90. The summed E-state index contributed by atoms with van der Waals surface area (Å²) in [6, 6.07) is 6.86. The lowest BCUT2D eigenvalue weighted by molar-refractivity contribution is -0.385. The summed E-state index contributed by atoms with van der Waals surface area (Å²) in [5.41, 5.74) is 0.749. The van der Waals surface area contributed by atoms with Gasteiger partial charge in [0.1, 0.15) is 11.6 Å². The van der Waals surface area contributed by atoms with Crippen molar-refractivity contribution in [1.82, 2.24) is 0 Å². The van der Waals surface area contributed by atoms with Crippen LogP contribution in [0.4, 0.5) is 11.4 Å². The lowest BCUT2D eigenvalue weighted by Gasteiger charge is -2.23. The van der Waals surface area contributed by atoms with Gasteiger partial charge in [0, 0.05) is 23.5 Å². The molecule has 0 amide bonds. The van der Waals surface area contributed by atoms with Crippen molar-refractivity contribution in [2.75, 3.05) is 16.8 Å². The Morgan fingerprint density at radius 3 is 3.00 bits per heavy atom. The van der Waals surface area contributed by atoms with Gasteiger partial charge in [0.25, 0.3) is 5.69 Å². The number of nitro benzene ring substituents is 1. The monoisotopic (exact) mass is 263 g/mol. The molecule has 2 rings (SSSR count). The van der Waals surface area contributed by atoms with Crippen LogP contribution in [-0.2, 0) is 0 Å². The molecule has 0 radical (unpaired) electrons. The van der Waals surface area contributed by atoms with Gasteiger partial charge in [-0.05, 0) is 30.7 Å². The Balaban J connectivity index is 2.14. The highest BCUT2D eigenvalue weighted by Crippen LogP contribution is 2.25. The van der Waals surface area contributed by atoms with Gasteiger partial charge >= 0.3 is 0 Å². The number of hydrogen-bond donors (Lipinski definition) is 1. The molecule has 0 aromatic heterocycles. The van der Waals surface area contributed by atoms with Crippen LogP contribution in [0.3, 0.4) is 0 Å². The summed E-state index contributed by atoms with van der Waals surface area (Å²) in [6.45, 7) is 0. The molecule has 1 aliphatic heterocycles. The summed E-state index contributed by atoms with van der Waals surface area (Å²) in [4.78, 5) is 10.2. The van der Waals surface area contributed by atoms with Gasteiger partial charge in [0.15, 0.2) is 0 Å². The van der Waals surface area contributed by atoms with Gasteiger partial charge in [0.05, 0.1) is 4.92 Å². The Morgan fingerprint density at radius 2 is 2.39 bits per heavy atom. The van der Waals surface area contributed by atoms with Crippen molar-refractivity contribution >= 4 is 23.1 Å². The Bertz CT molecular complexity index is 493. The summed E-state index contributed by atoms with van der Waals surface area (Å²) in [7, 11) is 0. The molecule has 1 aliphatic rings. The van der Waals surface area contributed by atoms with E-state index in [1.165, 1.54) is 18.2 Å². The molecule has 0 unspecified atom stereocenters. The van der Waals surface area contributed by atoms with E-state index in [1.54, 1.807) is 12.1 Å². The molecule has 18 heavy (non-hydrogen) atoms. The highest BCUT2D eigenvalue weighted by atomic mass is 32.2. The van der Waals surface area contributed by atoms with E-state index in [0.29, 0.717) is 6.04 Å². The van der Waals surface area contributed by atoms with E-state index < -0.39 is 4.92 Å². The normalized spacial score (nSPS) is 18.9. The topological polar surface area (TPSA) is 79.0 Å². The van der Waals surface area contributed by atoms with Gasteiger partial charge in [-0.3, -0.25) is 10.1 Å². The van der Waals surface area contributed by atoms with Gasteiger partial charge < -0.3 is 5.32 Å². The molecule has 1 heterocycles. The number of nitrogens with one attached hydrogen (secondary N) is 1. The second kappa shape index (κ2) is 5.74. The first-order chi connectivity index (χ1) is 8.70. The summed E-state index contributed by atoms with van der Waals surface area (Å²) in [5, 5.41) is 23.0. The molecule has 6 heteroatoms. The standard InChI is InChI=1S/C12H13N3O2S/c13-7-9-6-10(3-4-12(9)15(16)17)14-11-2-1-5-18-8-11/h3-4,6,11,14H,1-2,5,8H2/t11-/m0/s1. The second-order valence-corrected chi connectivity index (χ2v) is 5.31. The van der Waals surface area contributed by atoms with Crippen LogP contribution in [0.2, 0.25) is 0 Å². The smallest absolute Gasteiger partial charge is 0.287 e. The quantitative estimate of drug-likeness (QED) is 0.670. The van der Waals surface area contributed by atoms with Crippen molar-refractivity contribution < 1.29 is 4.92 Å². The van der Waals surface area contributed by atoms with Gasteiger partial charge in [-0.15, -0.1) is 0 Å². The summed E-state index contributed by atoms with van der Waals surface area (Å²) in [6.07, 6.45) is 2.28. The van der Waals surface area contributed by atoms with Crippen molar-refractivity contribution in [2.24, 2.45) is 0 Å². The van der Waals surface area contributed by atoms with Gasteiger partial charge in [-0.2, -0.15) is 17.0 Å². The number of rotatable bonds is 3. The fourth-order valence-corrected chi connectivity index (χ4v) is 3.04. The molecular formula is C12H13N3O2S. The molecule has 0 saturated carbocycles. The van der Waals surface area contributed by atoms with E-state index in [9.17, 15) is 10.1 Å². The first-order valence-corrected chi connectivity index (χ1v) is 6.89. The maximum Gasteiger partial charge on any atom is 0.287 e. The van der Waals surface area contributed by atoms with Crippen molar-refractivity contribution in [3.8, 4) is 6.07 Å². The SMILES string of the molecule is N#Cc1cc(N[C@H]2CCCSC2)ccc1[N+](=O)[O-]. The molecular weight excluding hydrogens is 250 g/mol. The second-order valence-electron chi connectivity index (χ2n) is 4.16. The van der Waals surface area contributed by atoms with Crippen LogP contribution in [0, 0.1) is 21.4 Å². The van der Waals surface area contributed by atoms with E-state index in [2.05, 4.69) is 5.32 Å². The van der Waals surface area contributed by atoms with Gasteiger partial charge in [-0.1, -0.05) is 0 Å². The predicted molar refractivity (Wildman–Crippen MR) is 71.8 cm³/mol. The van der Waals surface area contributed by atoms with Crippen LogP contribution in [0.15, 0.2) is 18.2 Å². The zero-order valence-corrected chi connectivity index (χ0v) is 10.6. The highest BCUT2D eigenvalue weighted by molar-refractivity contribution is 7.99. The fraction of sp³-hybridized carbons (Fsp3) is 0.417. The van der Waals surface area contributed by atoms with Crippen molar-refractivity contribution in [3.63, 3.8) is 0 Å². The van der Waals surface area contributed by atoms with E-state index in [1.807, 2.05) is 17.8 Å². The van der Waals surface area contributed by atoms with E-state index in [4.69, 9.17) is 5.26 Å². The average Bonchev–Trinajstić information content (AvgIpc) is 2.39. The number of thioether (sulfide) groups is 1. The lowest BCUT2D eigenvalue weighted by Crippen LogP contribution is -2.25. The van der Waals surface area contributed by atoms with Crippen molar-refractivity contribution in [2.45, 2.75) is 18.9 Å². The molecule has 0 bridgehead atoms. The molecule has 0 spiro atoms. The minimum absolute atomic E-state index is 0.105. The predicted octanol–water partition coefficient (Wildman–Crippen LogP) is 2.77. The van der Waals surface area contributed by atoms with Crippen molar-refractivity contribution in [3.05, 3.63) is 33.9 Å². The zero-order valence-electron chi connectivity index (χ0n) is 9.76. The van der Waals surface area contributed by atoms with Crippen LogP contribution in [0.1, 0.15) is 18.4 Å². The molecule has 1 fully saturated rings. The van der Waals surface area contributed by atoms with Gasteiger partial charge in [0.2, 0.25) is 0 Å². The molecule has 1 aromatic rings. The van der Waals surface area contributed by atoms with Crippen LogP contribution in [0.5, 0.6) is 0 Å². The van der Waals surface area contributed by atoms with E-state index in [-0.39, 0.29) is 11.3 Å². The molecule has 1 N–H and O–H groups in total. The third kappa shape index (κ3) is 2.93. The summed E-state index contributed by atoms with van der Waals surface area (Å²) in [5.74, 6) is 2.24. The fourth-order valence-electron chi connectivity index (χ4n) is 1.96. The maximum atomic E-state index is 10.7. The highest BCUT2D eigenvalue weighted by Gasteiger charge is 2.17. The van der Waals surface area contributed by atoms with Crippen LogP contribution >= 0.6 is 11.8 Å². The molecule has 1 saturated heterocycles. The number of anilines is 1. The molecule has 1 atom stereocenters. The number of benzene rings is 1. The third-order valence-corrected chi connectivity index (χ3v) is 4.06. The molecule has 5 nitrogen and oxygen atoms in total. The Hall–Kier alpha value is -1.74. The Labute approximate surface area is 109 Å². The summed E-state index contributed by atoms with van der Waals surface area (Å²) < 4.78 is 0. The largest absolute Gasteiger partial charge is 0.381 e. The zero-order chi connectivity index (χ0) is 13.0. The molecule has 94 valence electrons. The number of nitrogens with zero attached hydrogens (tertiary/aromatic N) is 2.